The third kappa shape index (κ3) is 2.79. The van der Waals surface area contributed by atoms with E-state index >= 15 is 0 Å². The zero-order valence-corrected chi connectivity index (χ0v) is 15.0. The average molecular weight is 369 g/mol. The van der Waals surface area contributed by atoms with Crippen LogP contribution >= 0.6 is 11.8 Å². The van der Waals surface area contributed by atoms with Crippen LogP contribution in [0.3, 0.4) is 0 Å². The Kier molecular flexibility index (Phi) is 4.26. The first-order valence-corrected chi connectivity index (χ1v) is 9.20. The molecule has 0 aliphatic heterocycles. The predicted octanol–water partition coefficient (Wildman–Crippen LogP) is 4.00. The Morgan fingerprint density at radius 2 is 1.96 bits per heavy atom. The van der Waals surface area contributed by atoms with Gasteiger partial charge < -0.3 is 14.7 Å². The molecule has 0 bridgehead atoms. The fraction of sp³-hybridized carbons (Fsp3) is 0.158. The lowest BCUT2D eigenvalue weighted by Crippen LogP contribution is -2.06. The van der Waals surface area contributed by atoms with E-state index in [2.05, 4.69) is 15.0 Å². The normalized spacial score (nSPS) is 12.7. The molecule has 2 aromatic carbocycles. The first kappa shape index (κ1) is 16.8. The van der Waals surface area contributed by atoms with Gasteiger partial charge in [0.05, 0.1) is 22.7 Å². The molecule has 2 heterocycles. The van der Waals surface area contributed by atoms with E-state index in [-0.39, 0.29) is 5.69 Å². The lowest BCUT2D eigenvalue weighted by Gasteiger charge is -2.18. The predicted molar refractivity (Wildman–Crippen MR) is 101 cm³/mol. The molecule has 2 N–H and O–H groups in total. The molecule has 132 valence electrons. The maximum atomic E-state index is 14.9. The maximum Gasteiger partial charge on any atom is 0.323 e. The first-order chi connectivity index (χ1) is 12.6. The largest absolute Gasteiger partial charge is 0.372 e. The van der Waals surface area contributed by atoms with E-state index in [1.54, 1.807) is 31.1 Å². The molecule has 26 heavy (non-hydrogen) atoms. The molecule has 0 spiro atoms. The Morgan fingerprint density at radius 3 is 2.65 bits per heavy atom. The van der Waals surface area contributed by atoms with Crippen molar-refractivity contribution in [2.75, 3.05) is 13.4 Å². The Labute approximate surface area is 152 Å². The van der Waals surface area contributed by atoms with Crippen LogP contribution in [0.5, 0.6) is 0 Å². The quantitative estimate of drug-likeness (QED) is 0.534. The minimum Gasteiger partial charge on any atom is -0.372 e. The molecule has 0 aliphatic carbocycles. The number of rotatable bonds is 4. The molecule has 0 aliphatic rings. The highest BCUT2D eigenvalue weighted by Crippen LogP contribution is 2.32. The molecule has 0 saturated carbocycles. The van der Waals surface area contributed by atoms with Gasteiger partial charge in [-0.1, -0.05) is 12.1 Å². The molecular weight excluding hydrogens is 353 g/mol. The summed E-state index contributed by atoms with van der Waals surface area (Å²) in [5.74, 6) is -0.408. The van der Waals surface area contributed by atoms with Gasteiger partial charge in [0.2, 0.25) is 0 Å². The van der Waals surface area contributed by atoms with Crippen molar-refractivity contribution >= 4 is 33.7 Å². The van der Waals surface area contributed by atoms with Gasteiger partial charge in [-0.15, -0.1) is 11.8 Å². The van der Waals surface area contributed by atoms with Crippen LogP contribution < -0.4 is 5.69 Å². The van der Waals surface area contributed by atoms with Gasteiger partial charge in [-0.05, 0) is 36.1 Å². The number of aromatic nitrogens is 3. The average Bonchev–Trinajstić information content (AvgIpc) is 3.04. The molecule has 0 radical (unpaired) electrons. The van der Waals surface area contributed by atoms with Gasteiger partial charge in [0.25, 0.3) is 0 Å². The molecule has 0 amide bonds. The molecule has 1 atom stereocenters. The van der Waals surface area contributed by atoms with Crippen molar-refractivity contribution in [1.82, 2.24) is 15.0 Å². The van der Waals surface area contributed by atoms with Crippen molar-refractivity contribution in [2.24, 2.45) is 0 Å². The number of fused-ring (bicyclic) bond motifs is 3. The molecule has 4 rings (SSSR count). The summed E-state index contributed by atoms with van der Waals surface area (Å²) in [6, 6.07) is 10.9. The number of ether oxygens (including phenoxy) is 1. The van der Waals surface area contributed by atoms with Crippen LogP contribution in [0.25, 0.3) is 21.9 Å². The number of hydrogen-bond donors (Lipinski definition) is 2. The molecule has 4 aromatic rings. The summed E-state index contributed by atoms with van der Waals surface area (Å²) in [5, 5.41) is 0.551. The zero-order chi connectivity index (χ0) is 18.3. The summed E-state index contributed by atoms with van der Waals surface area (Å²) in [6.45, 7) is 0. The molecule has 0 fully saturated rings. The standard InChI is InChI=1S/C19H16FN3O2S/c1-25-18(10-3-5-11(26-2)6-4-10)12-8-15-13(7-14(12)20)17-16(9-21-15)22-19(24)23-17/h3-9,18H,1-2H3,(H2,22,23,24). The number of nitrogens with one attached hydrogen (secondary N) is 2. The number of imidazole rings is 1. The third-order valence-corrected chi connectivity index (χ3v) is 5.15. The summed E-state index contributed by atoms with van der Waals surface area (Å²) in [6.07, 6.45) is 3.02. The van der Waals surface area contributed by atoms with Gasteiger partial charge in [0.1, 0.15) is 11.9 Å². The van der Waals surface area contributed by atoms with Crippen molar-refractivity contribution in [1.29, 1.82) is 0 Å². The first-order valence-electron chi connectivity index (χ1n) is 7.97. The summed E-state index contributed by atoms with van der Waals surface area (Å²) in [7, 11) is 1.55. The number of aromatic amines is 2. The van der Waals surface area contributed by atoms with E-state index in [9.17, 15) is 9.18 Å². The molecule has 7 heteroatoms. The fourth-order valence-electron chi connectivity index (χ4n) is 3.15. The van der Waals surface area contributed by atoms with Crippen LogP contribution in [0, 0.1) is 5.82 Å². The highest BCUT2D eigenvalue weighted by atomic mass is 32.2. The Bertz CT molecular complexity index is 1150. The fourth-order valence-corrected chi connectivity index (χ4v) is 3.56. The monoisotopic (exact) mass is 369 g/mol. The lowest BCUT2D eigenvalue weighted by molar-refractivity contribution is 0.133. The topological polar surface area (TPSA) is 70.8 Å². The smallest absolute Gasteiger partial charge is 0.323 e. The highest BCUT2D eigenvalue weighted by Gasteiger charge is 2.20. The second-order valence-electron chi connectivity index (χ2n) is 5.91. The number of methoxy groups -OCH3 is 1. The lowest BCUT2D eigenvalue weighted by atomic mass is 9.99. The van der Waals surface area contributed by atoms with Crippen LogP contribution in [-0.4, -0.2) is 28.3 Å². The molecule has 5 nitrogen and oxygen atoms in total. The number of halogens is 1. The summed E-state index contributed by atoms with van der Waals surface area (Å²) < 4.78 is 20.5. The highest BCUT2D eigenvalue weighted by molar-refractivity contribution is 7.98. The number of benzene rings is 2. The minimum absolute atomic E-state index is 0.345. The van der Waals surface area contributed by atoms with Crippen molar-refractivity contribution in [3.63, 3.8) is 0 Å². The number of hydrogen-bond acceptors (Lipinski definition) is 4. The van der Waals surface area contributed by atoms with E-state index in [0.717, 1.165) is 10.5 Å². The number of thioether (sulfide) groups is 1. The van der Waals surface area contributed by atoms with Crippen LogP contribution in [0.15, 0.2) is 52.3 Å². The Morgan fingerprint density at radius 1 is 1.19 bits per heavy atom. The zero-order valence-electron chi connectivity index (χ0n) is 14.2. The number of pyridine rings is 1. The number of H-pyrrole nitrogens is 2. The van der Waals surface area contributed by atoms with Crippen molar-refractivity contribution < 1.29 is 9.13 Å². The SMILES string of the molecule is COC(c1ccc(SC)cc1)c1cc2ncc3[nH]c(=O)[nH]c3c2cc1F. The molecular formula is C19H16FN3O2S. The van der Waals surface area contributed by atoms with Crippen molar-refractivity contribution in [3.8, 4) is 0 Å². The molecule has 1 unspecified atom stereocenters. The van der Waals surface area contributed by atoms with Gasteiger partial charge in [-0.3, -0.25) is 4.98 Å². The van der Waals surface area contributed by atoms with Gasteiger partial charge in [-0.25, -0.2) is 9.18 Å². The third-order valence-electron chi connectivity index (χ3n) is 4.41. The van der Waals surface area contributed by atoms with E-state index < -0.39 is 11.9 Å². The van der Waals surface area contributed by atoms with Crippen molar-refractivity contribution in [2.45, 2.75) is 11.0 Å². The van der Waals surface area contributed by atoms with E-state index in [0.29, 0.717) is 27.5 Å². The maximum absolute atomic E-state index is 14.9. The summed E-state index contributed by atoms with van der Waals surface area (Å²) >= 11 is 1.64. The second-order valence-corrected chi connectivity index (χ2v) is 6.79. The second kappa shape index (κ2) is 6.59. The van der Waals surface area contributed by atoms with Crippen LogP contribution in [0.2, 0.25) is 0 Å². The van der Waals surface area contributed by atoms with Crippen molar-refractivity contribution in [3.05, 3.63) is 70.0 Å². The van der Waals surface area contributed by atoms with Crippen LogP contribution in [-0.2, 0) is 4.74 Å². The Hall–Kier alpha value is -2.64. The van der Waals surface area contributed by atoms with Crippen LogP contribution in [0.4, 0.5) is 4.39 Å². The van der Waals surface area contributed by atoms with Gasteiger partial charge >= 0.3 is 5.69 Å². The number of nitrogens with zero attached hydrogens (tertiary/aromatic N) is 1. The van der Waals surface area contributed by atoms with Gasteiger partial charge in [-0.2, -0.15) is 0 Å². The molecule has 2 aromatic heterocycles. The summed E-state index contributed by atoms with van der Waals surface area (Å²) in [5.41, 5.74) is 2.60. The minimum atomic E-state index is -0.543. The van der Waals surface area contributed by atoms with E-state index in [4.69, 9.17) is 4.74 Å². The van der Waals surface area contributed by atoms with Gasteiger partial charge in [0.15, 0.2) is 0 Å². The van der Waals surface area contributed by atoms with Gasteiger partial charge in [0, 0.05) is 23.0 Å². The van der Waals surface area contributed by atoms with E-state index in [1.165, 1.54) is 6.07 Å². The Balaban J connectivity index is 1.87. The van der Waals surface area contributed by atoms with Crippen LogP contribution in [0.1, 0.15) is 17.2 Å². The molecule has 0 saturated heterocycles. The summed E-state index contributed by atoms with van der Waals surface area (Å²) in [4.78, 5) is 22.3. The van der Waals surface area contributed by atoms with E-state index in [1.807, 2.05) is 30.5 Å².